The van der Waals surface area contributed by atoms with E-state index in [1.807, 2.05) is 7.05 Å². The van der Waals surface area contributed by atoms with E-state index in [1.54, 1.807) is 0 Å². The molecule has 20 heavy (non-hydrogen) atoms. The van der Waals surface area contributed by atoms with Gasteiger partial charge in [0.1, 0.15) is 0 Å². The topological polar surface area (TPSA) is 12.0 Å². The lowest BCUT2D eigenvalue weighted by Gasteiger charge is -2.08. The summed E-state index contributed by atoms with van der Waals surface area (Å²) in [5.41, 5.74) is 0. The molecule has 0 aliphatic rings. The number of allylic oxidation sites excluding steroid dienone is 4. The number of nitrogens with one attached hydrogen (secondary N) is 1. The smallest absolute Gasteiger partial charge is 0.00357 e. The number of rotatable bonds is 14. The van der Waals surface area contributed by atoms with Gasteiger partial charge in [-0.05, 0) is 52.5 Å². The second kappa shape index (κ2) is 16.5. The van der Waals surface area contributed by atoms with Crippen LogP contribution < -0.4 is 5.32 Å². The standard InChI is InChI=1S/C19H37N/c1-4-5-6-7-8-9-10-11-12-13-14-15-16-17-18-19(2)20-3/h8-9,11-12,19-20H,4-7,10,13-18H2,1-3H3. The highest BCUT2D eigenvalue weighted by Gasteiger charge is 1.96. The molecule has 0 aliphatic heterocycles. The third-order valence-electron chi connectivity index (χ3n) is 3.83. The number of unbranched alkanes of at least 4 members (excludes halogenated alkanes) is 7. The summed E-state index contributed by atoms with van der Waals surface area (Å²) in [6.45, 7) is 4.52. The molecule has 1 N–H and O–H groups in total. The highest BCUT2D eigenvalue weighted by Crippen LogP contribution is 2.08. The first kappa shape index (κ1) is 19.4. The van der Waals surface area contributed by atoms with Crippen molar-refractivity contribution in [1.82, 2.24) is 5.32 Å². The van der Waals surface area contributed by atoms with Crippen molar-refractivity contribution in [1.29, 1.82) is 0 Å². The molecule has 1 unspecified atom stereocenters. The minimum Gasteiger partial charge on any atom is -0.317 e. The zero-order valence-corrected chi connectivity index (χ0v) is 14.2. The highest BCUT2D eigenvalue weighted by molar-refractivity contribution is 4.92. The first-order valence-electron chi connectivity index (χ1n) is 8.78. The lowest BCUT2D eigenvalue weighted by Crippen LogP contribution is -2.20. The molecule has 0 aromatic heterocycles. The van der Waals surface area contributed by atoms with Crippen LogP contribution in [0.4, 0.5) is 0 Å². The van der Waals surface area contributed by atoms with Crippen LogP contribution in [0.25, 0.3) is 0 Å². The molecule has 0 aromatic carbocycles. The van der Waals surface area contributed by atoms with Gasteiger partial charge in [-0.25, -0.2) is 0 Å². The van der Waals surface area contributed by atoms with E-state index >= 15 is 0 Å². The normalized spacial score (nSPS) is 13.6. The summed E-state index contributed by atoms with van der Waals surface area (Å²) in [6, 6.07) is 0.680. The monoisotopic (exact) mass is 279 g/mol. The molecule has 0 amide bonds. The number of hydrogen-bond donors (Lipinski definition) is 1. The fourth-order valence-corrected chi connectivity index (χ4v) is 2.23. The molecule has 1 heteroatoms. The zero-order chi connectivity index (χ0) is 14.9. The molecule has 0 fully saturated rings. The molecule has 0 radical (unpaired) electrons. The van der Waals surface area contributed by atoms with Crippen LogP contribution in [-0.4, -0.2) is 13.1 Å². The molecule has 0 aliphatic carbocycles. The summed E-state index contributed by atoms with van der Waals surface area (Å²) in [5.74, 6) is 0. The minimum atomic E-state index is 0.680. The van der Waals surface area contributed by atoms with Crippen molar-refractivity contribution in [2.24, 2.45) is 0 Å². The van der Waals surface area contributed by atoms with Gasteiger partial charge in [0.2, 0.25) is 0 Å². The average molecular weight is 280 g/mol. The Bertz CT molecular complexity index is 230. The van der Waals surface area contributed by atoms with Crippen molar-refractivity contribution >= 4 is 0 Å². The molecular formula is C19H37N. The van der Waals surface area contributed by atoms with E-state index < -0.39 is 0 Å². The molecule has 0 saturated carbocycles. The van der Waals surface area contributed by atoms with Gasteiger partial charge in [-0.2, -0.15) is 0 Å². The summed E-state index contributed by atoms with van der Waals surface area (Å²) >= 11 is 0. The molecule has 0 rings (SSSR count). The summed E-state index contributed by atoms with van der Waals surface area (Å²) in [6.07, 6.45) is 23.8. The van der Waals surface area contributed by atoms with Crippen molar-refractivity contribution in [3.05, 3.63) is 24.3 Å². The van der Waals surface area contributed by atoms with Crippen LogP contribution in [0.3, 0.4) is 0 Å². The minimum absolute atomic E-state index is 0.680. The van der Waals surface area contributed by atoms with E-state index in [0.29, 0.717) is 6.04 Å². The second-order valence-electron chi connectivity index (χ2n) is 5.86. The van der Waals surface area contributed by atoms with E-state index in [9.17, 15) is 0 Å². The summed E-state index contributed by atoms with van der Waals surface area (Å²) < 4.78 is 0. The Morgan fingerprint density at radius 1 is 0.800 bits per heavy atom. The van der Waals surface area contributed by atoms with Crippen molar-refractivity contribution in [3.63, 3.8) is 0 Å². The van der Waals surface area contributed by atoms with Gasteiger partial charge in [0, 0.05) is 6.04 Å². The first-order chi connectivity index (χ1) is 9.81. The Morgan fingerprint density at radius 3 is 2.00 bits per heavy atom. The Hall–Kier alpha value is -0.560. The molecule has 0 spiro atoms. The Balaban J connectivity index is 3.19. The van der Waals surface area contributed by atoms with Crippen LogP contribution in [0.2, 0.25) is 0 Å². The third kappa shape index (κ3) is 15.5. The Kier molecular flexibility index (Phi) is 16.0. The highest BCUT2D eigenvalue weighted by atomic mass is 14.8. The maximum atomic E-state index is 3.29. The summed E-state index contributed by atoms with van der Waals surface area (Å²) in [7, 11) is 2.05. The summed E-state index contributed by atoms with van der Waals surface area (Å²) in [4.78, 5) is 0. The van der Waals surface area contributed by atoms with Crippen LogP contribution >= 0.6 is 0 Å². The first-order valence-corrected chi connectivity index (χ1v) is 8.78. The van der Waals surface area contributed by atoms with Gasteiger partial charge >= 0.3 is 0 Å². The Labute approximate surface area is 127 Å². The fraction of sp³-hybridized carbons (Fsp3) is 0.789. The van der Waals surface area contributed by atoms with Gasteiger partial charge in [-0.1, -0.05) is 63.3 Å². The third-order valence-corrected chi connectivity index (χ3v) is 3.83. The van der Waals surface area contributed by atoms with Crippen LogP contribution in [0.5, 0.6) is 0 Å². The van der Waals surface area contributed by atoms with Crippen molar-refractivity contribution in [2.45, 2.75) is 90.5 Å². The van der Waals surface area contributed by atoms with E-state index in [0.717, 1.165) is 6.42 Å². The zero-order valence-electron chi connectivity index (χ0n) is 14.2. The molecule has 1 atom stereocenters. The van der Waals surface area contributed by atoms with Crippen molar-refractivity contribution < 1.29 is 0 Å². The maximum Gasteiger partial charge on any atom is 0.00357 e. The lowest BCUT2D eigenvalue weighted by atomic mass is 10.1. The number of hydrogen-bond acceptors (Lipinski definition) is 1. The molecule has 118 valence electrons. The van der Waals surface area contributed by atoms with Gasteiger partial charge in [0.25, 0.3) is 0 Å². The van der Waals surface area contributed by atoms with Crippen LogP contribution in [-0.2, 0) is 0 Å². The van der Waals surface area contributed by atoms with Crippen molar-refractivity contribution in [2.75, 3.05) is 7.05 Å². The van der Waals surface area contributed by atoms with Gasteiger partial charge in [0.05, 0.1) is 0 Å². The maximum absolute atomic E-state index is 3.29. The summed E-state index contributed by atoms with van der Waals surface area (Å²) in [5, 5.41) is 3.29. The average Bonchev–Trinajstić information content (AvgIpc) is 2.47. The fourth-order valence-electron chi connectivity index (χ4n) is 2.23. The largest absolute Gasteiger partial charge is 0.317 e. The van der Waals surface area contributed by atoms with Gasteiger partial charge in [-0.3, -0.25) is 0 Å². The lowest BCUT2D eigenvalue weighted by molar-refractivity contribution is 0.515. The molecule has 0 bridgehead atoms. The van der Waals surface area contributed by atoms with Gasteiger partial charge < -0.3 is 5.32 Å². The van der Waals surface area contributed by atoms with E-state index in [4.69, 9.17) is 0 Å². The van der Waals surface area contributed by atoms with Crippen LogP contribution in [0.1, 0.15) is 84.5 Å². The predicted molar refractivity (Wildman–Crippen MR) is 93.3 cm³/mol. The molecular weight excluding hydrogens is 242 g/mol. The van der Waals surface area contributed by atoms with E-state index in [-0.39, 0.29) is 0 Å². The predicted octanol–water partition coefficient (Wildman–Crippen LogP) is 6.02. The van der Waals surface area contributed by atoms with Crippen LogP contribution in [0, 0.1) is 0 Å². The van der Waals surface area contributed by atoms with E-state index in [2.05, 4.69) is 43.5 Å². The Morgan fingerprint density at radius 2 is 1.40 bits per heavy atom. The van der Waals surface area contributed by atoms with Gasteiger partial charge in [0.15, 0.2) is 0 Å². The second-order valence-corrected chi connectivity index (χ2v) is 5.86. The molecule has 0 aromatic rings. The van der Waals surface area contributed by atoms with Crippen molar-refractivity contribution in [3.8, 4) is 0 Å². The molecule has 0 heterocycles. The van der Waals surface area contributed by atoms with E-state index in [1.165, 1.54) is 64.2 Å². The van der Waals surface area contributed by atoms with Gasteiger partial charge in [-0.15, -0.1) is 0 Å². The SMILES string of the molecule is CCCCCC=CCC=CCCCCCCC(C)NC. The molecule has 0 saturated heterocycles. The van der Waals surface area contributed by atoms with Crippen LogP contribution in [0.15, 0.2) is 24.3 Å². The molecule has 1 nitrogen and oxygen atoms in total. The quantitative estimate of drug-likeness (QED) is 0.303.